The molecule has 1 aliphatic rings. The molecule has 1 N–H and O–H groups in total. The van der Waals surface area contributed by atoms with E-state index in [1.165, 1.54) is 12.0 Å². The van der Waals surface area contributed by atoms with E-state index >= 15 is 0 Å². The molecule has 0 bridgehead atoms. The fraction of sp³-hybridized carbons (Fsp3) is 0.533. The van der Waals surface area contributed by atoms with Gasteiger partial charge in [0.2, 0.25) is 0 Å². The summed E-state index contributed by atoms with van der Waals surface area (Å²) >= 11 is 0. The Hall–Kier alpha value is -1.31. The van der Waals surface area contributed by atoms with Crippen LogP contribution in [0.15, 0.2) is 24.3 Å². The van der Waals surface area contributed by atoms with Crippen LogP contribution in [0.25, 0.3) is 0 Å². The first kappa shape index (κ1) is 12.2. The highest BCUT2D eigenvalue weighted by Crippen LogP contribution is 2.19. The molecule has 0 saturated heterocycles. The van der Waals surface area contributed by atoms with Crippen LogP contribution in [-0.4, -0.2) is 11.9 Å². The van der Waals surface area contributed by atoms with E-state index in [0.29, 0.717) is 12.0 Å². The van der Waals surface area contributed by atoms with Gasteiger partial charge in [-0.3, -0.25) is 4.79 Å². The molecule has 1 unspecified atom stereocenters. The van der Waals surface area contributed by atoms with Gasteiger partial charge in [0, 0.05) is 11.6 Å². The van der Waals surface area contributed by atoms with E-state index in [1.54, 1.807) is 0 Å². The van der Waals surface area contributed by atoms with Gasteiger partial charge in [-0.05, 0) is 42.9 Å². The Labute approximate surface area is 103 Å². The Morgan fingerprint density at radius 2 is 2.00 bits per heavy atom. The molecule has 0 radical (unpaired) electrons. The average molecular weight is 231 g/mol. The third kappa shape index (κ3) is 3.58. The van der Waals surface area contributed by atoms with E-state index in [4.69, 9.17) is 0 Å². The van der Waals surface area contributed by atoms with Crippen molar-refractivity contribution in [3.05, 3.63) is 35.4 Å². The predicted molar refractivity (Wildman–Crippen MR) is 70.1 cm³/mol. The molecule has 1 aromatic rings. The molecule has 0 aliphatic heterocycles. The first-order chi connectivity index (χ1) is 8.19. The van der Waals surface area contributed by atoms with Gasteiger partial charge in [-0.25, -0.2) is 0 Å². The lowest BCUT2D eigenvalue weighted by molar-refractivity contribution is 0.0951. The molecule has 2 nitrogen and oxygen atoms in total. The minimum Gasteiger partial charge on any atom is -0.349 e. The zero-order valence-electron chi connectivity index (χ0n) is 10.7. The van der Waals surface area contributed by atoms with Crippen LogP contribution in [0.5, 0.6) is 0 Å². The summed E-state index contributed by atoms with van der Waals surface area (Å²) in [6.45, 7) is 4.47. The Balaban J connectivity index is 1.94. The summed E-state index contributed by atoms with van der Waals surface area (Å²) in [6.07, 6.45) is 4.57. The van der Waals surface area contributed by atoms with Crippen molar-refractivity contribution in [1.82, 2.24) is 5.32 Å². The van der Waals surface area contributed by atoms with E-state index in [-0.39, 0.29) is 5.91 Å². The highest BCUT2D eigenvalue weighted by Gasteiger charge is 2.23. The van der Waals surface area contributed by atoms with Gasteiger partial charge in [0.1, 0.15) is 0 Å². The van der Waals surface area contributed by atoms with Gasteiger partial charge in [0.25, 0.3) is 5.91 Å². The number of nitrogens with one attached hydrogen (secondary N) is 1. The third-order valence-electron chi connectivity index (χ3n) is 3.41. The van der Waals surface area contributed by atoms with Gasteiger partial charge in [-0.1, -0.05) is 32.4 Å². The van der Waals surface area contributed by atoms with Gasteiger partial charge >= 0.3 is 0 Å². The topological polar surface area (TPSA) is 29.1 Å². The Bertz CT molecular complexity index is 378. The van der Waals surface area contributed by atoms with Gasteiger partial charge in [-0.2, -0.15) is 0 Å². The smallest absolute Gasteiger partial charge is 0.251 e. The van der Waals surface area contributed by atoms with Crippen molar-refractivity contribution in [2.24, 2.45) is 5.92 Å². The summed E-state index contributed by atoms with van der Waals surface area (Å²) in [4.78, 5) is 11.8. The predicted octanol–water partition coefficient (Wildman–Crippen LogP) is 3.17. The van der Waals surface area contributed by atoms with E-state index < -0.39 is 0 Å². The first-order valence-electron chi connectivity index (χ1n) is 6.59. The Kier molecular flexibility index (Phi) is 3.82. The summed E-state index contributed by atoms with van der Waals surface area (Å²) in [7, 11) is 0. The Morgan fingerprint density at radius 3 is 2.53 bits per heavy atom. The molecule has 0 aromatic heterocycles. The van der Waals surface area contributed by atoms with E-state index in [1.807, 2.05) is 12.1 Å². The maximum absolute atomic E-state index is 11.8. The van der Waals surface area contributed by atoms with Crippen molar-refractivity contribution >= 4 is 5.91 Å². The number of rotatable bonds is 5. The zero-order chi connectivity index (χ0) is 12.3. The second kappa shape index (κ2) is 5.35. The lowest BCUT2D eigenvalue weighted by Crippen LogP contribution is -2.25. The molecule has 1 saturated carbocycles. The number of hydrogen-bond acceptors (Lipinski definition) is 1. The number of benzene rings is 1. The number of hydrogen-bond donors (Lipinski definition) is 1. The molecule has 1 fully saturated rings. The summed E-state index contributed by atoms with van der Waals surface area (Å²) in [5.41, 5.74) is 2.10. The fourth-order valence-corrected chi connectivity index (χ4v) is 1.84. The molecule has 17 heavy (non-hydrogen) atoms. The van der Waals surface area contributed by atoms with Gasteiger partial charge in [0.15, 0.2) is 0 Å². The lowest BCUT2D eigenvalue weighted by atomic mass is 9.98. The largest absolute Gasteiger partial charge is 0.349 e. The first-order valence-corrected chi connectivity index (χ1v) is 6.59. The number of carbonyl (C=O) groups is 1. The maximum Gasteiger partial charge on any atom is 0.251 e. The van der Waals surface area contributed by atoms with Crippen LogP contribution in [0, 0.1) is 5.92 Å². The van der Waals surface area contributed by atoms with Crippen LogP contribution in [0.2, 0.25) is 0 Å². The third-order valence-corrected chi connectivity index (χ3v) is 3.41. The quantitative estimate of drug-likeness (QED) is 0.828. The van der Waals surface area contributed by atoms with Crippen molar-refractivity contribution in [2.45, 2.75) is 45.6 Å². The second-order valence-electron chi connectivity index (χ2n) is 5.16. The number of carbonyl (C=O) groups excluding carboxylic acids is 1. The zero-order valence-corrected chi connectivity index (χ0v) is 10.7. The fourth-order valence-electron chi connectivity index (χ4n) is 1.84. The van der Waals surface area contributed by atoms with Gasteiger partial charge < -0.3 is 5.32 Å². The lowest BCUT2D eigenvalue weighted by Gasteiger charge is -2.09. The van der Waals surface area contributed by atoms with Crippen LogP contribution in [-0.2, 0) is 6.42 Å². The van der Waals surface area contributed by atoms with Crippen molar-refractivity contribution in [3.63, 3.8) is 0 Å². The summed E-state index contributed by atoms with van der Waals surface area (Å²) in [5, 5.41) is 3.00. The molecule has 0 spiro atoms. The maximum atomic E-state index is 11.8. The molecule has 1 atom stereocenters. The van der Waals surface area contributed by atoms with Crippen LogP contribution in [0.1, 0.15) is 49.0 Å². The highest BCUT2D eigenvalue weighted by molar-refractivity contribution is 5.94. The van der Waals surface area contributed by atoms with Gasteiger partial charge in [-0.15, -0.1) is 0 Å². The average Bonchev–Trinajstić information content (AvgIpc) is 3.13. The molecule has 1 aliphatic carbocycles. The molecule has 1 aromatic carbocycles. The molecular weight excluding hydrogens is 210 g/mol. The number of amides is 1. The van der Waals surface area contributed by atoms with E-state index in [0.717, 1.165) is 24.8 Å². The van der Waals surface area contributed by atoms with Crippen molar-refractivity contribution in [3.8, 4) is 0 Å². The standard InChI is InChI=1S/C15H21NO/c1-3-11(2)10-12-4-6-13(7-5-12)15(17)16-14-8-9-14/h4-7,11,14H,3,8-10H2,1-2H3,(H,16,17). The SMILES string of the molecule is CCC(C)Cc1ccc(C(=O)NC2CC2)cc1. The van der Waals surface area contributed by atoms with Crippen LogP contribution in [0.4, 0.5) is 0 Å². The van der Waals surface area contributed by atoms with Crippen molar-refractivity contribution in [2.75, 3.05) is 0 Å². The van der Waals surface area contributed by atoms with Gasteiger partial charge in [0.05, 0.1) is 0 Å². The molecule has 1 amide bonds. The normalized spacial score (nSPS) is 16.6. The van der Waals surface area contributed by atoms with Crippen LogP contribution < -0.4 is 5.32 Å². The summed E-state index contributed by atoms with van der Waals surface area (Å²) in [5.74, 6) is 0.781. The molecule has 0 heterocycles. The summed E-state index contributed by atoms with van der Waals surface area (Å²) < 4.78 is 0. The van der Waals surface area contributed by atoms with Crippen molar-refractivity contribution < 1.29 is 4.79 Å². The minimum absolute atomic E-state index is 0.0718. The van der Waals surface area contributed by atoms with Crippen LogP contribution >= 0.6 is 0 Å². The van der Waals surface area contributed by atoms with E-state index in [2.05, 4.69) is 31.3 Å². The van der Waals surface area contributed by atoms with Crippen LogP contribution in [0.3, 0.4) is 0 Å². The molecule has 2 heteroatoms. The minimum atomic E-state index is 0.0718. The molecular formula is C15H21NO. The van der Waals surface area contributed by atoms with Crippen molar-refractivity contribution in [1.29, 1.82) is 0 Å². The summed E-state index contributed by atoms with van der Waals surface area (Å²) in [6, 6.07) is 8.47. The Morgan fingerprint density at radius 1 is 1.35 bits per heavy atom. The second-order valence-corrected chi connectivity index (χ2v) is 5.16. The van der Waals surface area contributed by atoms with E-state index in [9.17, 15) is 4.79 Å². The molecule has 2 rings (SSSR count). The molecule has 92 valence electrons. The highest BCUT2D eigenvalue weighted by atomic mass is 16.1. The monoisotopic (exact) mass is 231 g/mol.